The Bertz CT molecular complexity index is 444. The van der Waals surface area contributed by atoms with Gasteiger partial charge in [-0.3, -0.25) is 4.79 Å². The number of methoxy groups -OCH3 is 1. The van der Waals surface area contributed by atoms with E-state index in [-0.39, 0.29) is 16.5 Å². The molecule has 2 rings (SSSR count). The highest BCUT2D eigenvalue weighted by molar-refractivity contribution is 8.01. The summed E-state index contributed by atoms with van der Waals surface area (Å²) in [4.78, 5) is 14.2. The first kappa shape index (κ1) is 14.3. The lowest BCUT2D eigenvalue weighted by molar-refractivity contribution is -0.130. The van der Waals surface area contributed by atoms with Crippen LogP contribution in [0.4, 0.5) is 0 Å². The van der Waals surface area contributed by atoms with E-state index in [1.54, 1.807) is 18.9 Å². The van der Waals surface area contributed by atoms with Crippen LogP contribution in [0.3, 0.4) is 0 Å². The lowest BCUT2D eigenvalue weighted by Crippen LogP contribution is -2.33. The van der Waals surface area contributed by atoms with Crippen molar-refractivity contribution in [3.63, 3.8) is 0 Å². The fourth-order valence-corrected chi connectivity index (χ4v) is 3.57. The van der Waals surface area contributed by atoms with Crippen LogP contribution in [0, 0.1) is 5.92 Å². The largest absolute Gasteiger partial charge is 0.497 e. The Morgan fingerprint density at radius 3 is 2.47 bits per heavy atom. The van der Waals surface area contributed by atoms with Crippen molar-refractivity contribution in [2.45, 2.75) is 31.4 Å². The number of benzene rings is 1. The quantitative estimate of drug-likeness (QED) is 0.847. The molecule has 1 heterocycles. The highest BCUT2D eigenvalue weighted by atomic mass is 32.2. The molecule has 1 fully saturated rings. The summed E-state index contributed by atoms with van der Waals surface area (Å²) in [7, 11) is 1.66. The van der Waals surface area contributed by atoms with Gasteiger partial charge in [0.15, 0.2) is 0 Å². The molecule has 0 spiro atoms. The van der Waals surface area contributed by atoms with Crippen LogP contribution in [0.15, 0.2) is 24.3 Å². The van der Waals surface area contributed by atoms with Gasteiger partial charge in [-0.25, -0.2) is 0 Å². The van der Waals surface area contributed by atoms with Crippen molar-refractivity contribution in [1.29, 1.82) is 0 Å². The average Bonchev–Trinajstić information content (AvgIpc) is 2.67. The fraction of sp³-hybridized carbons (Fsp3) is 0.533. The Morgan fingerprint density at radius 1 is 1.32 bits per heavy atom. The minimum absolute atomic E-state index is 0.0471. The van der Waals surface area contributed by atoms with E-state index in [2.05, 4.69) is 26.0 Å². The molecule has 0 aliphatic carbocycles. The lowest BCUT2D eigenvalue weighted by atomic mass is 10.1. The topological polar surface area (TPSA) is 29.5 Å². The van der Waals surface area contributed by atoms with Crippen LogP contribution in [-0.4, -0.2) is 29.7 Å². The molecular weight excluding hydrogens is 258 g/mol. The van der Waals surface area contributed by atoms with E-state index >= 15 is 0 Å². The van der Waals surface area contributed by atoms with Crippen LogP contribution >= 0.6 is 11.8 Å². The molecule has 1 aromatic rings. The van der Waals surface area contributed by atoms with Gasteiger partial charge in [0, 0.05) is 6.54 Å². The third-order valence-corrected chi connectivity index (χ3v) is 4.60. The maximum absolute atomic E-state index is 12.2. The molecule has 1 aromatic carbocycles. The fourth-order valence-electron chi connectivity index (χ4n) is 2.28. The van der Waals surface area contributed by atoms with E-state index < -0.39 is 0 Å². The van der Waals surface area contributed by atoms with Crippen molar-refractivity contribution in [2.75, 3.05) is 13.7 Å². The molecule has 2 atom stereocenters. The molecule has 0 radical (unpaired) electrons. The van der Waals surface area contributed by atoms with E-state index in [0.717, 1.165) is 12.3 Å². The van der Waals surface area contributed by atoms with Gasteiger partial charge in [-0.05, 0) is 30.5 Å². The van der Waals surface area contributed by atoms with Gasteiger partial charge in [0.25, 0.3) is 0 Å². The van der Waals surface area contributed by atoms with Gasteiger partial charge in [-0.2, -0.15) is 0 Å². The van der Waals surface area contributed by atoms with E-state index in [4.69, 9.17) is 4.74 Å². The molecule has 0 saturated carbocycles. The maximum Gasteiger partial charge on any atom is 0.236 e. The first-order chi connectivity index (χ1) is 9.02. The number of hydrogen-bond donors (Lipinski definition) is 0. The third kappa shape index (κ3) is 3.06. The number of thioether (sulfide) groups is 1. The maximum atomic E-state index is 12.2. The molecule has 1 amide bonds. The zero-order valence-electron chi connectivity index (χ0n) is 11.9. The number of carbonyl (C=O) groups is 1. The predicted molar refractivity (Wildman–Crippen MR) is 79.3 cm³/mol. The second-order valence-electron chi connectivity index (χ2n) is 5.29. The summed E-state index contributed by atoms with van der Waals surface area (Å²) in [5.41, 5.74) is 1.17. The highest BCUT2D eigenvalue weighted by Gasteiger charge is 2.38. The number of amides is 1. The first-order valence-electron chi connectivity index (χ1n) is 6.62. The van der Waals surface area contributed by atoms with Gasteiger partial charge in [0.1, 0.15) is 11.1 Å². The highest BCUT2D eigenvalue weighted by Crippen LogP contribution is 2.43. The van der Waals surface area contributed by atoms with E-state index in [9.17, 15) is 4.79 Å². The van der Waals surface area contributed by atoms with Crippen molar-refractivity contribution in [1.82, 2.24) is 4.90 Å². The molecule has 0 aromatic heterocycles. The van der Waals surface area contributed by atoms with Crippen LogP contribution < -0.4 is 4.74 Å². The summed E-state index contributed by atoms with van der Waals surface area (Å²) >= 11 is 1.73. The lowest BCUT2D eigenvalue weighted by Gasteiger charge is -2.26. The normalized spacial score (nSPS) is 23.2. The van der Waals surface area contributed by atoms with Gasteiger partial charge in [0.05, 0.1) is 12.4 Å². The second kappa shape index (κ2) is 5.87. The van der Waals surface area contributed by atoms with Crippen LogP contribution in [0.5, 0.6) is 5.75 Å². The number of carbonyl (C=O) groups excluding carboxylic acids is 1. The van der Waals surface area contributed by atoms with Crippen LogP contribution in [-0.2, 0) is 4.79 Å². The van der Waals surface area contributed by atoms with E-state index in [0.29, 0.717) is 5.92 Å². The molecule has 4 heteroatoms. The van der Waals surface area contributed by atoms with Crippen LogP contribution in [0.25, 0.3) is 0 Å². The number of ether oxygens (including phenoxy) is 1. The molecule has 1 aliphatic heterocycles. The Kier molecular flexibility index (Phi) is 4.40. The second-order valence-corrected chi connectivity index (χ2v) is 6.71. The molecule has 104 valence electrons. The third-order valence-electron chi connectivity index (χ3n) is 3.21. The summed E-state index contributed by atoms with van der Waals surface area (Å²) in [6.07, 6.45) is 0. The summed E-state index contributed by atoms with van der Waals surface area (Å²) in [6.45, 7) is 7.09. The summed E-state index contributed by atoms with van der Waals surface area (Å²) in [5, 5.41) is 0.182. The van der Waals surface area contributed by atoms with Crippen LogP contribution in [0.2, 0.25) is 0 Å². The summed E-state index contributed by atoms with van der Waals surface area (Å²) in [6, 6.07) is 8.01. The average molecular weight is 279 g/mol. The monoisotopic (exact) mass is 279 g/mol. The number of rotatable bonds is 4. The smallest absolute Gasteiger partial charge is 0.236 e. The summed E-state index contributed by atoms with van der Waals surface area (Å²) in [5.74, 6) is 1.58. The van der Waals surface area contributed by atoms with Gasteiger partial charge in [-0.1, -0.05) is 26.0 Å². The molecule has 0 bridgehead atoms. The van der Waals surface area contributed by atoms with Crippen molar-refractivity contribution in [3.8, 4) is 5.75 Å². The SMILES string of the molecule is COc1ccc([C@@H]2S[C@@H](C)C(=O)N2CC(C)C)cc1. The molecule has 19 heavy (non-hydrogen) atoms. The van der Waals surface area contributed by atoms with E-state index in [1.807, 2.05) is 24.0 Å². The van der Waals surface area contributed by atoms with Gasteiger partial charge in [-0.15, -0.1) is 11.8 Å². The zero-order chi connectivity index (χ0) is 14.0. The minimum atomic E-state index is 0.0471. The van der Waals surface area contributed by atoms with Crippen molar-refractivity contribution in [2.24, 2.45) is 5.92 Å². The number of nitrogens with zero attached hydrogens (tertiary/aromatic N) is 1. The first-order valence-corrected chi connectivity index (χ1v) is 7.57. The standard InChI is InChI=1S/C15H21NO2S/c1-10(2)9-16-14(17)11(3)19-15(16)12-5-7-13(18-4)8-6-12/h5-8,10-11,15H,9H2,1-4H3/t11-,15-/m0/s1. The molecule has 0 N–H and O–H groups in total. The van der Waals surface area contributed by atoms with Gasteiger partial charge in [0.2, 0.25) is 5.91 Å². The number of hydrogen-bond acceptors (Lipinski definition) is 3. The van der Waals surface area contributed by atoms with Gasteiger partial charge < -0.3 is 9.64 Å². The Balaban J connectivity index is 2.22. The van der Waals surface area contributed by atoms with Crippen molar-refractivity contribution < 1.29 is 9.53 Å². The van der Waals surface area contributed by atoms with Crippen molar-refractivity contribution >= 4 is 17.7 Å². The Labute approximate surface area is 119 Å². The minimum Gasteiger partial charge on any atom is -0.497 e. The molecule has 1 aliphatic rings. The Hall–Kier alpha value is -1.16. The van der Waals surface area contributed by atoms with E-state index in [1.165, 1.54) is 5.56 Å². The summed E-state index contributed by atoms with van der Waals surface area (Å²) < 4.78 is 5.18. The molecule has 1 saturated heterocycles. The van der Waals surface area contributed by atoms with Crippen molar-refractivity contribution in [3.05, 3.63) is 29.8 Å². The zero-order valence-corrected chi connectivity index (χ0v) is 12.7. The Morgan fingerprint density at radius 2 is 1.95 bits per heavy atom. The van der Waals surface area contributed by atoms with Gasteiger partial charge >= 0.3 is 0 Å². The molecule has 0 unspecified atom stereocenters. The molecular formula is C15H21NO2S. The predicted octanol–water partition coefficient (Wildman–Crippen LogP) is 3.31. The van der Waals surface area contributed by atoms with Crippen LogP contribution in [0.1, 0.15) is 31.7 Å². The molecule has 3 nitrogen and oxygen atoms in total.